The van der Waals surface area contributed by atoms with Crippen LogP contribution in [0.15, 0.2) is 72.8 Å². The van der Waals surface area contributed by atoms with Gasteiger partial charge in [-0.25, -0.2) is 0 Å². The highest BCUT2D eigenvalue weighted by Gasteiger charge is 2.31. The number of halogens is 5. The number of hydrogen-bond donors (Lipinski definition) is 1. The van der Waals surface area contributed by atoms with Crippen LogP contribution in [0.3, 0.4) is 0 Å². The number of nitrogens with one attached hydrogen (secondary N) is 1. The molecule has 0 aliphatic carbocycles. The van der Waals surface area contributed by atoms with Crippen LogP contribution in [0.25, 0.3) is 0 Å². The Morgan fingerprint density at radius 1 is 0.861 bits per heavy atom. The van der Waals surface area contributed by atoms with Crippen molar-refractivity contribution in [3.63, 3.8) is 0 Å². The highest BCUT2D eigenvalue weighted by Crippen LogP contribution is 2.37. The number of piperazine rings is 1. The summed E-state index contributed by atoms with van der Waals surface area (Å²) in [4.78, 5) is 2.30. The Morgan fingerprint density at radius 3 is 2.11 bits per heavy atom. The minimum atomic E-state index is -4.72. The molecule has 1 aliphatic heterocycles. The van der Waals surface area contributed by atoms with Gasteiger partial charge in [0.25, 0.3) is 0 Å². The van der Waals surface area contributed by atoms with E-state index in [9.17, 15) is 13.2 Å². The summed E-state index contributed by atoms with van der Waals surface area (Å²) in [5, 5.41) is 3.34. The first-order valence-corrected chi connectivity index (χ1v) is 11.1. The van der Waals surface area contributed by atoms with Gasteiger partial charge in [0.15, 0.2) is 11.5 Å². The molecule has 1 atom stereocenters. The Balaban J connectivity index is 0.00000228. The zero-order chi connectivity index (χ0) is 24.0. The topological polar surface area (TPSA) is 43.0 Å². The first-order valence-electron chi connectivity index (χ1n) is 11.1. The maximum atomic E-state index is 12.6. The van der Waals surface area contributed by atoms with Gasteiger partial charge in [0.05, 0.1) is 13.2 Å². The van der Waals surface area contributed by atoms with E-state index in [-0.39, 0.29) is 36.6 Å². The molecule has 0 amide bonds. The SMILES string of the molecule is COc1ccc([C@H](c2ccc(OC(F)(F)F)cc2)N2CCNCC2)cc1OCc1ccccc1.Cl.Cl. The molecule has 0 saturated carbocycles. The maximum Gasteiger partial charge on any atom is 0.573 e. The molecule has 5 nitrogen and oxygen atoms in total. The van der Waals surface area contributed by atoms with Gasteiger partial charge in [-0.15, -0.1) is 38.0 Å². The van der Waals surface area contributed by atoms with Gasteiger partial charge in [0.1, 0.15) is 12.4 Å². The lowest BCUT2D eigenvalue weighted by molar-refractivity contribution is -0.274. The summed E-state index contributed by atoms with van der Waals surface area (Å²) in [6.45, 7) is 3.66. The van der Waals surface area contributed by atoms with Gasteiger partial charge in [-0.3, -0.25) is 4.90 Å². The monoisotopic (exact) mass is 544 g/mol. The van der Waals surface area contributed by atoms with Crippen molar-refractivity contribution < 1.29 is 27.4 Å². The summed E-state index contributed by atoms with van der Waals surface area (Å²) < 4.78 is 53.5. The number of ether oxygens (including phenoxy) is 3. The molecule has 1 aliphatic rings. The molecule has 0 unspecified atom stereocenters. The summed E-state index contributed by atoms with van der Waals surface area (Å²) in [6, 6.07) is 21.6. The van der Waals surface area contributed by atoms with Gasteiger partial charge in [-0.05, 0) is 41.0 Å². The summed E-state index contributed by atoms with van der Waals surface area (Å²) in [5.41, 5.74) is 2.87. The minimum absolute atomic E-state index is 0. The van der Waals surface area contributed by atoms with Gasteiger partial charge in [0, 0.05) is 26.2 Å². The van der Waals surface area contributed by atoms with Crippen LogP contribution >= 0.6 is 24.8 Å². The fraction of sp³-hybridized carbons (Fsp3) is 0.308. The first kappa shape index (κ1) is 29.6. The maximum absolute atomic E-state index is 12.6. The summed E-state index contributed by atoms with van der Waals surface area (Å²) in [5.74, 6) is 0.991. The fourth-order valence-corrected chi connectivity index (χ4v) is 4.12. The lowest BCUT2D eigenvalue weighted by Crippen LogP contribution is -2.45. The van der Waals surface area contributed by atoms with Gasteiger partial charge in [-0.2, -0.15) is 0 Å². The zero-order valence-electron chi connectivity index (χ0n) is 19.7. The highest BCUT2D eigenvalue weighted by atomic mass is 35.5. The standard InChI is InChI=1S/C26H27F3N2O3.2ClH/c1-32-23-12-9-21(17-24(23)33-18-19-5-3-2-4-6-19)25(31-15-13-30-14-16-31)20-7-10-22(11-8-20)34-26(27,28)29;;/h2-12,17,25,30H,13-16,18H2,1H3;2*1H/t25-;;/m0../s1. The summed E-state index contributed by atoms with van der Waals surface area (Å²) in [6.07, 6.45) is -4.72. The summed E-state index contributed by atoms with van der Waals surface area (Å²) >= 11 is 0. The number of hydrogen-bond acceptors (Lipinski definition) is 5. The molecule has 10 heteroatoms. The molecule has 1 fully saturated rings. The molecule has 1 N–H and O–H groups in total. The first-order chi connectivity index (χ1) is 16.4. The third-order valence-electron chi connectivity index (χ3n) is 5.69. The molecule has 0 spiro atoms. The van der Waals surface area contributed by atoms with Crippen molar-refractivity contribution in [1.29, 1.82) is 0 Å². The number of methoxy groups -OCH3 is 1. The molecular formula is C26H29Cl2F3N2O3. The predicted octanol–water partition coefficient (Wildman–Crippen LogP) is 6.01. The van der Waals surface area contributed by atoms with E-state index in [1.807, 2.05) is 48.5 Å². The molecule has 1 saturated heterocycles. The van der Waals surface area contributed by atoms with E-state index in [2.05, 4.69) is 15.0 Å². The predicted molar refractivity (Wildman–Crippen MR) is 138 cm³/mol. The normalized spacial score (nSPS) is 14.7. The quantitative estimate of drug-likeness (QED) is 0.376. The number of benzene rings is 3. The Kier molecular flexibility index (Phi) is 11.2. The minimum Gasteiger partial charge on any atom is -0.493 e. The van der Waals surface area contributed by atoms with E-state index in [1.54, 1.807) is 19.2 Å². The van der Waals surface area contributed by atoms with Crippen LogP contribution in [0.4, 0.5) is 13.2 Å². The second-order valence-corrected chi connectivity index (χ2v) is 7.99. The molecule has 3 aromatic rings. The highest BCUT2D eigenvalue weighted by molar-refractivity contribution is 5.85. The van der Waals surface area contributed by atoms with E-state index in [0.29, 0.717) is 18.1 Å². The van der Waals surface area contributed by atoms with Crippen LogP contribution in [0, 0.1) is 0 Å². The Labute approximate surface area is 221 Å². The van der Waals surface area contributed by atoms with Crippen LogP contribution in [0.5, 0.6) is 17.2 Å². The second-order valence-electron chi connectivity index (χ2n) is 7.99. The van der Waals surface area contributed by atoms with Gasteiger partial charge in [-0.1, -0.05) is 48.5 Å². The average molecular weight is 545 g/mol. The van der Waals surface area contributed by atoms with Crippen molar-refractivity contribution in [1.82, 2.24) is 10.2 Å². The molecule has 3 aromatic carbocycles. The van der Waals surface area contributed by atoms with Crippen molar-refractivity contribution in [3.05, 3.63) is 89.5 Å². The third-order valence-corrected chi connectivity index (χ3v) is 5.69. The van der Waals surface area contributed by atoms with E-state index in [1.165, 1.54) is 12.1 Å². The van der Waals surface area contributed by atoms with E-state index in [0.717, 1.165) is 42.9 Å². The molecule has 36 heavy (non-hydrogen) atoms. The van der Waals surface area contributed by atoms with Gasteiger partial charge in [0.2, 0.25) is 0 Å². The van der Waals surface area contributed by atoms with Crippen LogP contribution in [-0.4, -0.2) is 44.6 Å². The molecule has 1 heterocycles. The van der Waals surface area contributed by atoms with E-state index >= 15 is 0 Å². The second kappa shape index (κ2) is 13.6. The number of rotatable bonds is 8. The molecular weight excluding hydrogens is 516 g/mol. The van der Waals surface area contributed by atoms with Gasteiger partial charge < -0.3 is 19.5 Å². The number of nitrogens with zero attached hydrogens (tertiary/aromatic N) is 1. The van der Waals surface area contributed by atoms with Crippen molar-refractivity contribution in [2.75, 3.05) is 33.3 Å². The Hall–Kier alpha value is -2.65. The molecule has 4 rings (SSSR count). The zero-order valence-corrected chi connectivity index (χ0v) is 21.3. The average Bonchev–Trinajstić information content (AvgIpc) is 2.84. The molecule has 0 radical (unpaired) electrons. The van der Waals surface area contributed by atoms with Crippen molar-refractivity contribution in [3.8, 4) is 17.2 Å². The Morgan fingerprint density at radius 2 is 1.50 bits per heavy atom. The molecule has 196 valence electrons. The molecule has 0 aromatic heterocycles. The smallest absolute Gasteiger partial charge is 0.493 e. The van der Waals surface area contributed by atoms with Crippen LogP contribution < -0.4 is 19.5 Å². The van der Waals surface area contributed by atoms with E-state index in [4.69, 9.17) is 9.47 Å². The van der Waals surface area contributed by atoms with Crippen LogP contribution in [0.2, 0.25) is 0 Å². The number of alkyl halides is 3. The largest absolute Gasteiger partial charge is 0.573 e. The van der Waals surface area contributed by atoms with Crippen LogP contribution in [-0.2, 0) is 6.61 Å². The van der Waals surface area contributed by atoms with Crippen molar-refractivity contribution >= 4 is 24.8 Å². The van der Waals surface area contributed by atoms with Crippen LogP contribution in [0.1, 0.15) is 22.7 Å². The van der Waals surface area contributed by atoms with Gasteiger partial charge >= 0.3 is 6.36 Å². The fourth-order valence-electron chi connectivity index (χ4n) is 4.12. The summed E-state index contributed by atoms with van der Waals surface area (Å²) in [7, 11) is 1.59. The van der Waals surface area contributed by atoms with Crippen molar-refractivity contribution in [2.24, 2.45) is 0 Å². The lowest BCUT2D eigenvalue weighted by atomic mass is 9.96. The van der Waals surface area contributed by atoms with Crippen molar-refractivity contribution in [2.45, 2.75) is 19.0 Å². The third kappa shape index (κ3) is 7.93. The molecule has 0 bridgehead atoms. The lowest BCUT2D eigenvalue weighted by Gasteiger charge is -2.36. The Bertz CT molecular complexity index is 1060. The van der Waals surface area contributed by atoms with E-state index < -0.39 is 6.36 Å².